The summed E-state index contributed by atoms with van der Waals surface area (Å²) in [5.41, 5.74) is 0.382. The maximum Gasteiger partial charge on any atom is 0.338 e. The lowest BCUT2D eigenvalue weighted by Gasteiger charge is -2.06. The Hall–Kier alpha value is -2.17. The second-order valence-electron chi connectivity index (χ2n) is 3.56. The molecule has 0 radical (unpaired) electrons. The van der Waals surface area contributed by atoms with E-state index in [1.807, 2.05) is 0 Å². The molecule has 0 aliphatic heterocycles. The summed E-state index contributed by atoms with van der Waals surface area (Å²) in [6, 6.07) is 5.14. The van der Waals surface area contributed by atoms with E-state index in [1.165, 1.54) is 25.1 Å². The highest BCUT2D eigenvalue weighted by Crippen LogP contribution is 2.05. The zero-order valence-electron chi connectivity index (χ0n) is 9.94. The highest BCUT2D eigenvalue weighted by Gasteiger charge is 2.08. The van der Waals surface area contributed by atoms with Crippen molar-refractivity contribution in [2.75, 3.05) is 13.2 Å². The first kappa shape index (κ1) is 13.9. The fourth-order valence-corrected chi connectivity index (χ4v) is 1.09. The summed E-state index contributed by atoms with van der Waals surface area (Å²) in [6.45, 7) is 4.77. The third kappa shape index (κ3) is 4.37. The SMILES string of the molecule is C=C(C)C(=O)OCCOC(=O)c1cccc(F)c1. The summed E-state index contributed by atoms with van der Waals surface area (Å²) < 4.78 is 22.3. The minimum absolute atomic E-state index is 0.0627. The van der Waals surface area contributed by atoms with Gasteiger partial charge in [-0.25, -0.2) is 14.0 Å². The summed E-state index contributed by atoms with van der Waals surface area (Å²) in [5, 5.41) is 0. The van der Waals surface area contributed by atoms with Crippen LogP contribution in [0.1, 0.15) is 17.3 Å². The Morgan fingerprint density at radius 1 is 1.28 bits per heavy atom. The summed E-state index contributed by atoms with van der Waals surface area (Å²) in [7, 11) is 0. The standard InChI is InChI=1S/C13H13FO4/c1-9(2)12(15)17-6-7-18-13(16)10-4-3-5-11(14)8-10/h3-5,8H,1,6-7H2,2H3. The second-order valence-corrected chi connectivity index (χ2v) is 3.56. The molecular formula is C13H13FO4. The largest absolute Gasteiger partial charge is 0.459 e. The van der Waals surface area contributed by atoms with Gasteiger partial charge < -0.3 is 9.47 Å². The van der Waals surface area contributed by atoms with Crippen LogP contribution in [0.3, 0.4) is 0 Å². The van der Waals surface area contributed by atoms with Crippen LogP contribution in [0.4, 0.5) is 4.39 Å². The number of ether oxygens (including phenoxy) is 2. The Labute approximate surface area is 104 Å². The van der Waals surface area contributed by atoms with Crippen LogP contribution in [0.15, 0.2) is 36.4 Å². The molecule has 0 saturated heterocycles. The second kappa shape index (κ2) is 6.54. The molecule has 0 fully saturated rings. The van der Waals surface area contributed by atoms with E-state index in [1.54, 1.807) is 0 Å². The average Bonchev–Trinajstić information content (AvgIpc) is 2.33. The molecule has 0 atom stereocenters. The van der Waals surface area contributed by atoms with Crippen molar-refractivity contribution in [1.29, 1.82) is 0 Å². The Kier molecular flexibility index (Phi) is 5.05. The number of esters is 2. The predicted molar refractivity (Wildman–Crippen MR) is 62.5 cm³/mol. The molecule has 4 nitrogen and oxygen atoms in total. The predicted octanol–water partition coefficient (Wildman–Crippen LogP) is 2.10. The van der Waals surface area contributed by atoms with Gasteiger partial charge in [-0.05, 0) is 25.1 Å². The number of benzene rings is 1. The van der Waals surface area contributed by atoms with E-state index in [9.17, 15) is 14.0 Å². The van der Waals surface area contributed by atoms with E-state index in [4.69, 9.17) is 9.47 Å². The molecule has 1 aromatic rings. The number of carbonyl (C=O) groups is 2. The molecular weight excluding hydrogens is 239 g/mol. The van der Waals surface area contributed by atoms with Gasteiger partial charge in [0.15, 0.2) is 0 Å². The molecule has 0 unspecified atom stereocenters. The Bertz CT molecular complexity index is 468. The molecule has 0 aromatic heterocycles. The molecule has 1 aromatic carbocycles. The quantitative estimate of drug-likeness (QED) is 0.457. The minimum atomic E-state index is -0.666. The van der Waals surface area contributed by atoms with Gasteiger partial charge in [0.1, 0.15) is 19.0 Å². The topological polar surface area (TPSA) is 52.6 Å². The van der Waals surface area contributed by atoms with Gasteiger partial charge in [0.05, 0.1) is 5.56 Å². The van der Waals surface area contributed by atoms with Crippen LogP contribution in [-0.2, 0) is 14.3 Å². The molecule has 0 aliphatic carbocycles. The lowest BCUT2D eigenvalue weighted by Crippen LogP contribution is -2.14. The Morgan fingerprint density at radius 2 is 1.94 bits per heavy atom. The first-order valence-corrected chi connectivity index (χ1v) is 5.26. The molecule has 0 spiro atoms. The highest BCUT2D eigenvalue weighted by atomic mass is 19.1. The zero-order chi connectivity index (χ0) is 13.5. The van der Waals surface area contributed by atoms with Gasteiger partial charge in [-0.15, -0.1) is 0 Å². The summed E-state index contributed by atoms with van der Waals surface area (Å²) in [6.07, 6.45) is 0. The van der Waals surface area contributed by atoms with E-state index in [2.05, 4.69) is 6.58 Å². The van der Waals surface area contributed by atoms with Crippen LogP contribution in [0.5, 0.6) is 0 Å². The lowest BCUT2D eigenvalue weighted by molar-refractivity contribution is -0.140. The molecule has 0 N–H and O–H groups in total. The third-order valence-electron chi connectivity index (χ3n) is 1.96. The smallest absolute Gasteiger partial charge is 0.338 e. The zero-order valence-corrected chi connectivity index (χ0v) is 9.94. The van der Waals surface area contributed by atoms with Gasteiger partial charge in [0.2, 0.25) is 0 Å². The van der Waals surface area contributed by atoms with Crippen LogP contribution in [-0.4, -0.2) is 25.2 Å². The molecule has 0 bridgehead atoms. The van der Waals surface area contributed by atoms with Gasteiger partial charge in [0.25, 0.3) is 0 Å². The summed E-state index contributed by atoms with van der Waals surface area (Å²) in [4.78, 5) is 22.4. The van der Waals surface area contributed by atoms with Gasteiger partial charge in [0, 0.05) is 5.57 Å². The maximum atomic E-state index is 12.8. The van der Waals surface area contributed by atoms with E-state index in [0.29, 0.717) is 0 Å². The number of halogens is 1. The van der Waals surface area contributed by atoms with Crippen molar-refractivity contribution < 1.29 is 23.5 Å². The van der Waals surface area contributed by atoms with Crippen LogP contribution < -0.4 is 0 Å². The van der Waals surface area contributed by atoms with Crippen molar-refractivity contribution in [3.8, 4) is 0 Å². The van der Waals surface area contributed by atoms with Crippen molar-refractivity contribution in [2.24, 2.45) is 0 Å². The first-order valence-electron chi connectivity index (χ1n) is 5.26. The molecule has 0 heterocycles. The van der Waals surface area contributed by atoms with Gasteiger partial charge in [-0.3, -0.25) is 0 Å². The van der Waals surface area contributed by atoms with Crippen molar-refractivity contribution in [3.05, 3.63) is 47.8 Å². The van der Waals surface area contributed by atoms with Gasteiger partial charge in [-0.1, -0.05) is 12.6 Å². The molecule has 0 amide bonds. The normalized spacial score (nSPS) is 9.67. The number of hydrogen-bond donors (Lipinski definition) is 0. The van der Waals surface area contributed by atoms with Crippen LogP contribution in [0.25, 0.3) is 0 Å². The van der Waals surface area contributed by atoms with Crippen molar-refractivity contribution in [1.82, 2.24) is 0 Å². The molecule has 5 heteroatoms. The average molecular weight is 252 g/mol. The maximum absolute atomic E-state index is 12.8. The molecule has 0 saturated carbocycles. The number of carbonyl (C=O) groups excluding carboxylic acids is 2. The van der Waals surface area contributed by atoms with Crippen LogP contribution >= 0.6 is 0 Å². The molecule has 18 heavy (non-hydrogen) atoms. The van der Waals surface area contributed by atoms with Crippen molar-refractivity contribution in [2.45, 2.75) is 6.92 Å². The van der Waals surface area contributed by atoms with Gasteiger partial charge >= 0.3 is 11.9 Å². The van der Waals surface area contributed by atoms with E-state index >= 15 is 0 Å². The van der Waals surface area contributed by atoms with E-state index < -0.39 is 17.8 Å². The molecule has 1 rings (SSSR count). The van der Waals surface area contributed by atoms with Crippen LogP contribution in [0, 0.1) is 5.82 Å². The molecule has 96 valence electrons. The summed E-state index contributed by atoms with van der Waals surface area (Å²) in [5.74, 6) is -1.73. The Balaban J connectivity index is 2.34. The monoisotopic (exact) mass is 252 g/mol. The number of hydrogen-bond acceptors (Lipinski definition) is 4. The van der Waals surface area contributed by atoms with Gasteiger partial charge in [-0.2, -0.15) is 0 Å². The lowest BCUT2D eigenvalue weighted by atomic mass is 10.2. The summed E-state index contributed by atoms with van der Waals surface area (Å²) >= 11 is 0. The van der Waals surface area contributed by atoms with Crippen molar-refractivity contribution in [3.63, 3.8) is 0 Å². The first-order chi connectivity index (χ1) is 8.50. The van der Waals surface area contributed by atoms with Crippen LogP contribution in [0.2, 0.25) is 0 Å². The highest BCUT2D eigenvalue weighted by molar-refractivity contribution is 5.89. The van der Waals surface area contributed by atoms with E-state index in [-0.39, 0.29) is 24.4 Å². The van der Waals surface area contributed by atoms with E-state index in [0.717, 1.165) is 6.07 Å². The fraction of sp³-hybridized carbons (Fsp3) is 0.231. The Morgan fingerprint density at radius 3 is 2.56 bits per heavy atom. The van der Waals surface area contributed by atoms with Crippen molar-refractivity contribution >= 4 is 11.9 Å². The third-order valence-corrected chi connectivity index (χ3v) is 1.96. The number of rotatable bonds is 5. The minimum Gasteiger partial charge on any atom is -0.459 e. The fourth-order valence-electron chi connectivity index (χ4n) is 1.09. The molecule has 0 aliphatic rings.